The first-order chi connectivity index (χ1) is 9.63. The van der Waals surface area contributed by atoms with Gasteiger partial charge in [-0.2, -0.15) is 4.98 Å². The molecule has 106 valence electrons. The number of nitrogens with zero attached hydrogens (tertiary/aromatic N) is 2. The molecule has 1 aromatic carbocycles. The van der Waals surface area contributed by atoms with Crippen LogP contribution in [0.25, 0.3) is 0 Å². The highest BCUT2D eigenvalue weighted by molar-refractivity contribution is 6.30. The number of rotatable bonds is 4. The molecule has 0 radical (unpaired) electrons. The quantitative estimate of drug-likeness (QED) is 0.940. The molecular weight excluding hydrogens is 274 g/mol. The zero-order valence-electron chi connectivity index (χ0n) is 11.3. The molecule has 1 saturated carbocycles. The van der Waals surface area contributed by atoms with Crippen LogP contribution in [0.3, 0.4) is 0 Å². The molecule has 2 aromatic rings. The van der Waals surface area contributed by atoms with Gasteiger partial charge in [0, 0.05) is 23.4 Å². The molecule has 0 atom stereocenters. The predicted octanol–water partition coefficient (Wildman–Crippen LogP) is 3.13. The van der Waals surface area contributed by atoms with Gasteiger partial charge >= 0.3 is 0 Å². The van der Waals surface area contributed by atoms with E-state index < -0.39 is 0 Å². The Bertz CT molecular complexity index is 590. The standard InChI is InChI=1S/C15H18ClN3O/c16-12-5-3-4-11(8-12)9-13-18-14(20-19-13)10-15(17)6-1-2-7-15/h3-5,8H,1-2,6-7,9-10,17H2. The van der Waals surface area contributed by atoms with Crippen LogP contribution >= 0.6 is 11.6 Å². The number of aromatic nitrogens is 2. The molecule has 0 bridgehead atoms. The van der Waals surface area contributed by atoms with E-state index in [1.165, 1.54) is 12.8 Å². The molecule has 4 nitrogen and oxygen atoms in total. The molecule has 0 spiro atoms. The lowest BCUT2D eigenvalue weighted by atomic mass is 9.95. The molecular formula is C15H18ClN3O. The number of nitrogens with two attached hydrogens (primary N) is 1. The second kappa shape index (κ2) is 5.54. The Hall–Kier alpha value is -1.39. The van der Waals surface area contributed by atoms with E-state index in [9.17, 15) is 0 Å². The van der Waals surface area contributed by atoms with Crippen molar-refractivity contribution in [2.75, 3.05) is 0 Å². The van der Waals surface area contributed by atoms with E-state index in [-0.39, 0.29) is 5.54 Å². The summed E-state index contributed by atoms with van der Waals surface area (Å²) in [4.78, 5) is 4.44. The van der Waals surface area contributed by atoms with Gasteiger partial charge in [-0.3, -0.25) is 0 Å². The van der Waals surface area contributed by atoms with Crippen molar-refractivity contribution in [3.05, 3.63) is 46.6 Å². The first-order valence-electron chi connectivity index (χ1n) is 6.98. The maximum absolute atomic E-state index is 6.33. The molecule has 0 unspecified atom stereocenters. The highest BCUT2D eigenvalue weighted by Gasteiger charge is 2.31. The maximum Gasteiger partial charge on any atom is 0.228 e. The maximum atomic E-state index is 6.33. The highest BCUT2D eigenvalue weighted by Crippen LogP contribution is 2.30. The van der Waals surface area contributed by atoms with Gasteiger partial charge in [-0.05, 0) is 30.5 Å². The van der Waals surface area contributed by atoms with Gasteiger partial charge in [0.25, 0.3) is 0 Å². The third kappa shape index (κ3) is 3.19. The van der Waals surface area contributed by atoms with Crippen LogP contribution < -0.4 is 5.73 Å². The van der Waals surface area contributed by atoms with E-state index >= 15 is 0 Å². The minimum atomic E-state index is -0.153. The molecule has 0 aliphatic heterocycles. The van der Waals surface area contributed by atoms with Gasteiger partial charge in [0.1, 0.15) is 0 Å². The van der Waals surface area contributed by atoms with Gasteiger partial charge in [-0.1, -0.05) is 41.7 Å². The van der Waals surface area contributed by atoms with Gasteiger partial charge in [-0.15, -0.1) is 0 Å². The molecule has 20 heavy (non-hydrogen) atoms. The Morgan fingerprint density at radius 2 is 2.10 bits per heavy atom. The van der Waals surface area contributed by atoms with Gasteiger partial charge in [-0.25, -0.2) is 0 Å². The lowest BCUT2D eigenvalue weighted by molar-refractivity contribution is 0.327. The fourth-order valence-electron chi connectivity index (χ4n) is 2.82. The molecule has 2 N–H and O–H groups in total. The van der Waals surface area contributed by atoms with Gasteiger partial charge < -0.3 is 10.3 Å². The van der Waals surface area contributed by atoms with Crippen molar-refractivity contribution < 1.29 is 4.52 Å². The van der Waals surface area contributed by atoms with Crippen LogP contribution in [-0.4, -0.2) is 15.7 Å². The van der Waals surface area contributed by atoms with Crippen molar-refractivity contribution in [1.82, 2.24) is 10.1 Å². The van der Waals surface area contributed by atoms with Crippen molar-refractivity contribution in [2.45, 2.75) is 44.1 Å². The van der Waals surface area contributed by atoms with Crippen LogP contribution in [-0.2, 0) is 12.8 Å². The first kappa shape index (κ1) is 13.6. The van der Waals surface area contributed by atoms with Crippen molar-refractivity contribution >= 4 is 11.6 Å². The summed E-state index contributed by atoms with van der Waals surface area (Å²) in [6, 6.07) is 7.69. The lowest BCUT2D eigenvalue weighted by Crippen LogP contribution is -2.38. The second-order valence-corrected chi connectivity index (χ2v) is 6.09. The molecule has 3 rings (SSSR count). The minimum absolute atomic E-state index is 0.153. The largest absolute Gasteiger partial charge is 0.339 e. The molecule has 5 heteroatoms. The van der Waals surface area contributed by atoms with Crippen molar-refractivity contribution in [3.63, 3.8) is 0 Å². The van der Waals surface area contributed by atoms with E-state index in [0.717, 1.165) is 23.4 Å². The van der Waals surface area contributed by atoms with Gasteiger partial charge in [0.05, 0.1) is 0 Å². The zero-order chi connectivity index (χ0) is 14.0. The van der Waals surface area contributed by atoms with E-state index in [1.807, 2.05) is 24.3 Å². The van der Waals surface area contributed by atoms with Gasteiger partial charge in [0.15, 0.2) is 5.82 Å². The van der Waals surface area contributed by atoms with Crippen LogP contribution in [0.15, 0.2) is 28.8 Å². The zero-order valence-corrected chi connectivity index (χ0v) is 12.1. The average Bonchev–Trinajstić information content (AvgIpc) is 3.00. The summed E-state index contributed by atoms with van der Waals surface area (Å²) < 4.78 is 5.32. The van der Waals surface area contributed by atoms with E-state index in [4.69, 9.17) is 21.9 Å². The van der Waals surface area contributed by atoms with Crippen LogP contribution in [0.4, 0.5) is 0 Å². The third-order valence-corrected chi connectivity index (χ3v) is 4.10. The molecule has 1 aromatic heterocycles. The Morgan fingerprint density at radius 1 is 1.30 bits per heavy atom. The van der Waals surface area contributed by atoms with Gasteiger partial charge in [0.2, 0.25) is 5.89 Å². The van der Waals surface area contributed by atoms with E-state index in [0.29, 0.717) is 24.6 Å². The first-order valence-corrected chi connectivity index (χ1v) is 7.36. The number of benzene rings is 1. The molecule has 1 heterocycles. The predicted molar refractivity (Wildman–Crippen MR) is 77.6 cm³/mol. The van der Waals surface area contributed by atoms with Crippen LogP contribution in [0.1, 0.15) is 43.0 Å². The minimum Gasteiger partial charge on any atom is -0.339 e. The summed E-state index contributed by atoms with van der Waals surface area (Å²) in [5, 5.41) is 4.75. The summed E-state index contributed by atoms with van der Waals surface area (Å²) in [5.41, 5.74) is 7.25. The Morgan fingerprint density at radius 3 is 2.85 bits per heavy atom. The summed E-state index contributed by atoms with van der Waals surface area (Å²) in [5.74, 6) is 1.33. The topological polar surface area (TPSA) is 64.9 Å². The number of halogens is 1. The third-order valence-electron chi connectivity index (χ3n) is 3.86. The lowest BCUT2D eigenvalue weighted by Gasteiger charge is -2.20. The van der Waals surface area contributed by atoms with Crippen molar-refractivity contribution in [2.24, 2.45) is 5.73 Å². The van der Waals surface area contributed by atoms with Crippen molar-refractivity contribution in [3.8, 4) is 0 Å². The summed E-state index contributed by atoms with van der Waals surface area (Å²) in [6.45, 7) is 0. The molecule has 1 fully saturated rings. The van der Waals surface area contributed by atoms with E-state index in [1.54, 1.807) is 0 Å². The monoisotopic (exact) mass is 291 g/mol. The molecule has 0 saturated heterocycles. The number of hydrogen-bond acceptors (Lipinski definition) is 4. The Kier molecular flexibility index (Phi) is 3.76. The second-order valence-electron chi connectivity index (χ2n) is 5.66. The fourth-order valence-corrected chi connectivity index (χ4v) is 3.03. The normalized spacial score (nSPS) is 17.5. The summed E-state index contributed by atoms with van der Waals surface area (Å²) in [6.07, 6.45) is 5.77. The summed E-state index contributed by atoms with van der Waals surface area (Å²) in [7, 11) is 0. The van der Waals surface area contributed by atoms with Crippen molar-refractivity contribution in [1.29, 1.82) is 0 Å². The fraction of sp³-hybridized carbons (Fsp3) is 0.467. The number of hydrogen-bond donors (Lipinski definition) is 1. The molecule has 1 aliphatic rings. The SMILES string of the molecule is NC1(Cc2nc(Cc3cccc(Cl)c3)no2)CCCC1. The van der Waals surface area contributed by atoms with Crippen LogP contribution in [0, 0.1) is 0 Å². The molecule has 0 amide bonds. The van der Waals surface area contributed by atoms with Crippen LogP contribution in [0.5, 0.6) is 0 Å². The Balaban J connectivity index is 1.67. The highest BCUT2D eigenvalue weighted by atomic mass is 35.5. The molecule has 1 aliphatic carbocycles. The smallest absolute Gasteiger partial charge is 0.228 e. The Labute approximate surface area is 123 Å². The van der Waals surface area contributed by atoms with Crippen LogP contribution in [0.2, 0.25) is 5.02 Å². The summed E-state index contributed by atoms with van der Waals surface area (Å²) >= 11 is 5.97. The van der Waals surface area contributed by atoms with E-state index in [2.05, 4.69) is 10.1 Å². The average molecular weight is 292 g/mol.